The fraction of sp³-hybridized carbons (Fsp3) is 0.550. The van der Waals surface area contributed by atoms with Gasteiger partial charge in [-0.05, 0) is 57.1 Å². The van der Waals surface area contributed by atoms with Crippen LogP contribution in [0.15, 0.2) is 18.2 Å². The molecule has 1 aromatic rings. The van der Waals surface area contributed by atoms with E-state index in [1.54, 1.807) is 25.7 Å². The fourth-order valence-electron chi connectivity index (χ4n) is 4.27. The second-order valence-corrected chi connectivity index (χ2v) is 10.4. The van der Waals surface area contributed by atoms with Gasteiger partial charge < -0.3 is 4.90 Å². The predicted molar refractivity (Wildman–Crippen MR) is 119 cm³/mol. The minimum Gasteiger partial charge on any atom is -0.331 e. The second-order valence-electron chi connectivity index (χ2n) is 8.32. The Balaban J connectivity index is 1.90. The minimum absolute atomic E-state index is 0.0517. The molecule has 0 unspecified atom stereocenters. The Morgan fingerprint density at radius 3 is 2.39 bits per heavy atom. The SMILES string of the molecule is CCNS(=O)(=O)N1CCC(N2C(=S)N(c3ccc(C#N)c(C(F)(F)F)c3)C(=O)C2(C)C)CC1. The highest BCUT2D eigenvalue weighted by atomic mass is 32.2. The summed E-state index contributed by atoms with van der Waals surface area (Å²) < 4.78 is 68.6. The third kappa shape index (κ3) is 4.57. The smallest absolute Gasteiger partial charge is 0.331 e. The Hall–Kier alpha value is -2.27. The Morgan fingerprint density at radius 2 is 1.88 bits per heavy atom. The molecule has 0 aromatic heterocycles. The number of alkyl halides is 3. The van der Waals surface area contributed by atoms with Crippen LogP contribution >= 0.6 is 12.2 Å². The van der Waals surface area contributed by atoms with E-state index in [-0.39, 0.29) is 36.5 Å². The molecule has 2 saturated heterocycles. The summed E-state index contributed by atoms with van der Waals surface area (Å²) in [6, 6.07) is 4.30. The quantitative estimate of drug-likeness (QED) is 0.621. The molecule has 0 bridgehead atoms. The third-order valence-corrected chi connectivity index (χ3v) is 7.95. The Bertz CT molecular complexity index is 1110. The van der Waals surface area contributed by atoms with Crippen molar-refractivity contribution in [3.63, 3.8) is 0 Å². The molecule has 0 aliphatic carbocycles. The zero-order valence-electron chi connectivity index (χ0n) is 18.3. The lowest BCUT2D eigenvalue weighted by molar-refractivity contribution is -0.137. The Kier molecular flexibility index (Phi) is 6.78. The molecular weight excluding hydrogens is 479 g/mol. The first kappa shape index (κ1) is 25.4. The summed E-state index contributed by atoms with van der Waals surface area (Å²) >= 11 is 5.53. The van der Waals surface area contributed by atoms with Crippen molar-refractivity contribution in [1.82, 2.24) is 13.9 Å². The van der Waals surface area contributed by atoms with Gasteiger partial charge in [0.2, 0.25) is 0 Å². The van der Waals surface area contributed by atoms with Crippen molar-refractivity contribution in [1.29, 1.82) is 5.26 Å². The number of thiocarbonyl (C=S) groups is 1. The number of hydrogen-bond acceptors (Lipinski definition) is 5. The van der Waals surface area contributed by atoms with Gasteiger partial charge in [-0.25, -0.2) is 4.72 Å². The monoisotopic (exact) mass is 503 g/mol. The molecule has 2 heterocycles. The van der Waals surface area contributed by atoms with E-state index in [4.69, 9.17) is 17.5 Å². The molecule has 8 nitrogen and oxygen atoms in total. The van der Waals surface area contributed by atoms with Crippen LogP contribution in [-0.2, 0) is 21.2 Å². The van der Waals surface area contributed by atoms with Crippen LogP contribution in [0.1, 0.15) is 44.7 Å². The van der Waals surface area contributed by atoms with Crippen LogP contribution in [0.3, 0.4) is 0 Å². The van der Waals surface area contributed by atoms with Gasteiger partial charge in [-0.2, -0.15) is 31.2 Å². The van der Waals surface area contributed by atoms with Gasteiger partial charge in [0.25, 0.3) is 16.1 Å². The maximum Gasteiger partial charge on any atom is 0.417 e. The van der Waals surface area contributed by atoms with Gasteiger partial charge in [0, 0.05) is 25.7 Å². The number of nitrogens with zero attached hydrogens (tertiary/aromatic N) is 4. The molecule has 1 N–H and O–H groups in total. The average Bonchev–Trinajstić information content (AvgIpc) is 2.91. The van der Waals surface area contributed by atoms with Crippen molar-refractivity contribution < 1.29 is 26.4 Å². The number of amides is 1. The van der Waals surface area contributed by atoms with Gasteiger partial charge in [-0.3, -0.25) is 9.69 Å². The first-order valence-corrected chi connectivity index (χ1v) is 12.1. The molecule has 3 rings (SSSR count). The van der Waals surface area contributed by atoms with Crippen molar-refractivity contribution >= 4 is 39.1 Å². The van der Waals surface area contributed by atoms with E-state index >= 15 is 0 Å². The van der Waals surface area contributed by atoms with Gasteiger partial charge in [-0.1, -0.05) is 6.92 Å². The number of rotatable bonds is 5. The summed E-state index contributed by atoms with van der Waals surface area (Å²) in [6.07, 6.45) is -3.97. The van der Waals surface area contributed by atoms with Crippen LogP contribution in [0.5, 0.6) is 0 Å². The molecule has 2 aliphatic rings. The van der Waals surface area contributed by atoms with Gasteiger partial charge in [0.05, 0.1) is 22.9 Å². The Morgan fingerprint density at radius 1 is 1.27 bits per heavy atom. The van der Waals surface area contributed by atoms with E-state index in [0.29, 0.717) is 12.8 Å². The number of benzene rings is 1. The molecule has 0 radical (unpaired) electrons. The molecule has 1 aromatic carbocycles. The topological polar surface area (TPSA) is 96.8 Å². The number of carbonyl (C=O) groups excluding carboxylic acids is 1. The van der Waals surface area contributed by atoms with Gasteiger partial charge in [0.15, 0.2) is 5.11 Å². The molecule has 0 atom stereocenters. The zero-order valence-corrected chi connectivity index (χ0v) is 19.9. The van der Waals surface area contributed by atoms with Crippen molar-refractivity contribution in [3.05, 3.63) is 29.3 Å². The number of hydrogen-bond donors (Lipinski definition) is 1. The van der Waals surface area contributed by atoms with E-state index in [2.05, 4.69) is 4.72 Å². The van der Waals surface area contributed by atoms with Gasteiger partial charge in [-0.15, -0.1) is 0 Å². The minimum atomic E-state index is -4.77. The van der Waals surface area contributed by atoms with Crippen LogP contribution in [-0.4, -0.2) is 59.9 Å². The summed E-state index contributed by atoms with van der Waals surface area (Å²) in [5.74, 6) is -0.493. The van der Waals surface area contributed by atoms with E-state index in [1.165, 1.54) is 16.4 Å². The zero-order chi connectivity index (χ0) is 24.8. The van der Waals surface area contributed by atoms with Crippen LogP contribution < -0.4 is 9.62 Å². The normalized spacial score (nSPS) is 20.4. The van der Waals surface area contributed by atoms with Crippen LogP contribution in [0, 0.1) is 11.3 Å². The lowest BCUT2D eigenvalue weighted by Crippen LogP contribution is -2.55. The largest absolute Gasteiger partial charge is 0.417 e. The van der Waals surface area contributed by atoms with E-state index < -0.39 is 39.0 Å². The van der Waals surface area contributed by atoms with Crippen molar-refractivity contribution in [2.75, 3.05) is 24.5 Å². The molecule has 2 fully saturated rings. The summed E-state index contributed by atoms with van der Waals surface area (Å²) in [4.78, 5) is 16.0. The maximum absolute atomic E-state index is 13.4. The summed E-state index contributed by atoms with van der Waals surface area (Å²) in [5.41, 5.74) is -2.90. The standard InChI is InChI=1S/C20H24F3N5O3S2/c1-4-25-33(30,31)26-9-7-14(8-10-26)28-18(32)27(17(29)19(28,2)3)15-6-5-13(12-24)16(11-15)20(21,22)23/h5-6,11,14,25H,4,7-10H2,1-3H3. The van der Waals surface area contributed by atoms with E-state index in [1.807, 2.05) is 0 Å². The number of piperidine rings is 1. The van der Waals surface area contributed by atoms with Crippen molar-refractivity contribution in [2.24, 2.45) is 0 Å². The highest BCUT2D eigenvalue weighted by Crippen LogP contribution is 2.39. The van der Waals surface area contributed by atoms with Crippen LogP contribution in [0.4, 0.5) is 18.9 Å². The predicted octanol–water partition coefficient (Wildman–Crippen LogP) is 2.61. The number of halogens is 3. The molecule has 1 amide bonds. The molecular formula is C20H24F3N5O3S2. The van der Waals surface area contributed by atoms with Gasteiger partial charge >= 0.3 is 6.18 Å². The molecule has 33 heavy (non-hydrogen) atoms. The molecule has 13 heteroatoms. The highest BCUT2D eigenvalue weighted by molar-refractivity contribution is 7.87. The van der Waals surface area contributed by atoms with Crippen LogP contribution in [0.25, 0.3) is 0 Å². The average molecular weight is 504 g/mol. The third-order valence-electron chi connectivity index (χ3n) is 5.87. The Labute approximate surface area is 196 Å². The number of nitriles is 1. The van der Waals surface area contributed by atoms with Crippen LogP contribution in [0.2, 0.25) is 0 Å². The number of anilines is 1. The summed E-state index contributed by atoms with van der Waals surface area (Å²) in [5, 5.41) is 9.09. The van der Waals surface area contributed by atoms with E-state index in [9.17, 15) is 26.4 Å². The lowest BCUT2D eigenvalue weighted by atomic mass is 9.97. The molecule has 180 valence electrons. The van der Waals surface area contributed by atoms with Crippen molar-refractivity contribution in [3.8, 4) is 6.07 Å². The maximum atomic E-state index is 13.4. The lowest BCUT2D eigenvalue weighted by Gasteiger charge is -2.41. The molecule has 0 saturated carbocycles. The second kappa shape index (κ2) is 8.83. The summed E-state index contributed by atoms with van der Waals surface area (Å²) in [6.45, 7) is 5.66. The summed E-state index contributed by atoms with van der Waals surface area (Å²) in [7, 11) is -3.59. The highest BCUT2D eigenvalue weighted by Gasteiger charge is 2.52. The van der Waals surface area contributed by atoms with Crippen molar-refractivity contribution in [2.45, 2.75) is 51.4 Å². The fourth-order valence-corrected chi connectivity index (χ4v) is 6.07. The van der Waals surface area contributed by atoms with E-state index in [0.717, 1.165) is 17.0 Å². The molecule has 2 aliphatic heterocycles. The first-order chi connectivity index (χ1) is 15.3. The first-order valence-electron chi connectivity index (χ1n) is 10.3. The number of carbonyl (C=O) groups is 1. The van der Waals surface area contributed by atoms with Gasteiger partial charge in [0.1, 0.15) is 5.54 Å². The number of nitrogens with one attached hydrogen (secondary N) is 1. The molecule has 0 spiro atoms.